The van der Waals surface area contributed by atoms with E-state index in [1.54, 1.807) is 6.07 Å². The minimum absolute atomic E-state index is 0. The van der Waals surface area contributed by atoms with E-state index in [-0.39, 0.29) is 18.1 Å². The van der Waals surface area contributed by atoms with Gasteiger partial charge in [0.1, 0.15) is 24.5 Å². The fourth-order valence-corrected chi connectivity index (χ4v) is 2.77. The van der Waals surface area contributed by atoms with E-state index < -0.39 is 4.92 Å². The molecule has 8 heteroatoms. The second-order valence-electron chi connectivity index (χ2n) is 6.10. The maximum absolute atomic E-state index is 11.0. The van der Waals surface area contributed by atoms with Crippen LogP contribution >= 0.6 is 12.4 Å². The number of nitro benzene ring substituents is 1. The number of hydrogen-bond acceptors (Lipinski definition) is 6. The molecule has 0 atom stereocenters. The molecule has 29 heavy (non-hydrogen) atoms. The van der Waals surface area contributed by atoms with Gasteiger partial charge in [0.15, 0.2) is 0 Å². The molecule has 1 N–H and O–H groups in total. The highest BCUT2D eigenvalue weighted by molar-refractivity contribution is 5.92. The molecule has 0 aliphatic carbocycles. The van der Waals surface area contributed by atoms with Crippen LogP contribution in [0.1, 0.15) is 5.56 Å². The molecule has 7 nitrogen and oxygen atoms in total. The monoisotopic (exact) mass is 408 g/mol. The highest BCUT2D eigenvalue weighted by Gasteiger charge is 2.11. The summed E-state index contributed by atoms with van der Waals surface area (Å²) in [6, 6.07) is 21.9. The van der Waals surface area contributed by atoms with Crippen LogP contribution in [0, 0.1) is 10.1 Å². The Balaban J connectivity index is 0.00000240. The van der Waals surface area contributed by atoms with Gasteiger partial charge in [0.05, 0.1) is 10.4 Å². The van der Waals surface area contributed by atoms with Crippen LogP contribution in [0.2, 0.25) is 0 Å². The number of non-ortho nitro benzene ring substituents is 1. The molecule has 0 spiro atoms. The lowest BCUT2D eigenvalue weighted by Gasteiger charge is -2.10. The largest absolute Gasteiger partial charge is 0.489 e. The normalized spacial score (nSPS) is 10.2. The van der Waals surface area contributed by atoms with E-state index in [0.717, 1.165) is 17.0 Å². The number of rotatable bonds is 6. The third kappa shape index (κ3) is 4.77. The van der Waals surface area contributed by atoms with Crippen molar-refractivity contribution in [3.05, 3.63) is 94.8 Å². The topological polar surface area (TPSA) is 90.2 Å². The maximum atomic E-state index is 11.0. The van der Waals surface area contributed by atoms with Crippen molar-refractivity contribution in [2.45, 2.75) is 6.61 Å². The van der Waals surface area contributed by atoms with E-state index in [2.05, 4.69) is 15.3 Å². The zero-order chi connectivity index (χ0) is 19.3. The molecule has 0 unspecified atom stereocenters. The van der Waals surface area contributed by atoms with Crippen molar-refractivity contribution in [3.63, 3.8) is 0 Å². The van der Waals surface area contributed by atoms with Crippen LogP contribution in [0.15, 0.2) is 79.1 Å². The second-order valence-corrected chi connectivity index (χ2v) is 6.10. The molecule has 146 valence electrons. The van der Waals surface area contributed by atoms with Crippen LogP contribution in [0.3, 0.4) is 0 Å². The third-order valence-corrected chi connectivity index (χ3v) is 4.20. The van der Waals surface area contributed by atoms with Gasteiger partial charge >= 0.3 is 0 Å². The van der Waals surface area contributed by atoms with E-state index in [0.29, 0.717) is 23.3 Å². The standard InChI is InChI=1S/C21H16N4O3.ClH/c26-25(27)17-8-11-20-19(12-17)21(23-14-22-20)24-16-6-9-18(10-7-16)28-13-15-4-2-1-3-5-15;/h1-12,14H,13H2,(H,22,23,24);1H. The Morgan fingerprint density at radius 2 is 1.72 bits per heavy atom. The van der Waals surface area contributed by atoms with Crippen molar-refractivity contribution in [2.75, 3.05) is 5.32 Å². The Morgan fingerprint density at radius 3 is 2.45 bits per heavy atom. The van der Waals surface area contributed by atoms with Crippen LogP contribution in [0.5, 0.6) is 5.75 Å². The number of nitrogens with zero attached hydrogens (tertiary/aromatic N) is 3. The molecule has 0 aliphatic rings. The van der Waals surface area contributed by atoms with E-state index in [1.165, 1.54) is 18.5 Å². The molecule has 1 aromatic heterocycles. The molecule has 0 amide bonds. The van der Waals surface area contributed by atoms with Gasteiger partial charge in [0.2, 0.25) is 0 Å². The lowest BCUT2D eigenvalue weighted by Crippen LogP contribution is -1.98. The van der Waals surface area contributed by atoms with Gasteiger partial charge in [-0.3, -0.25) is 10.1 Å². The smallest absolute Gasteiger partial charge is 0.270 e. The lowest BCUT2D eigenvalue weighted by molar-refractivity contribution is -0.384. The van der Waals surface area contributed by atoms with Gasteiger partial charge in [0, 0.05) is 23.2 Å². The average Bonchev–Trinajstić information content (AvgIpc) is 2.74. The summed E-state index contributed by atoms with van der Waals surface area (Å²) in [5, 5.41) is 14.8. The third-order valence-electron chi connectivity index (χ3n) is 4.20. The summed E-state index contributed by atoms with van der Waals surface area (Å²) < 4.78 is 5.78. The van der Waals surface area contributed by atoms with Crippen LogP contribution in [0.25, 0.3) is 10.9 Å². The quantitative estimate of drug-likeness (QED) is 0.344. The first-order valence-corrected chi connectivity index (χ1v) is 8.62. The molecule has 1 heterocycles. The number of nitrogens with one attached hydrogen (secondary N) is 1. The Bertz CT molecular complexity index is 1120. The first kappa shape index (κ1) is 20.0. The van der Waals surface area contributed by atoms with E-state index >= 15 is 0 Å². The zero-order valence-electron chi connectivity index (χ0n) is 15.2. The van der Waals surface area contributed by atoms with Crippen molar-refractivity contribution < 1.29 is 9.66 Å². The first-order valence-electron chi connectivity index (χ1n) is 8.62. The van der Waals surface area contributed by atoms with Crippen molar-refractivity contribution in [2.24, 2.45) is 0 Å². The molecule has 0 aliphatic heterocycles. The summed E-state index contributed by atoms with van der Waals surface area (Å²) >= 11 is 0. The summed E-state index contributed by atoms with van der Waals surface area (Å²) in [5.74, 6) is 1.25. The minimum Gasteiger partial charge on any atom is -0.489 e. The molecule has 4 aromatic rings. The van der Waals surface area contributed by atoms with Crippen LogP contribution in [0.4, 0.5) is 17.2 Å². The number of aromatic nitrogens is 2. The highest BCUT2D eigenvalue weighted by Crippen LogP contribution is 2.27. The number of benzene rings is 3. The number of hydrogen-bond donors (Lipinski definition) is 1. The Morgan fingerprint density at radius 1 is 0.966 bits per heavy atom. The predicted octanol–water partition coefficient (Wildman–Crippen LogP) is 5.28. The van der Waals surface area contributed by atoms with Gasteiger partial charge in [-0.2, -0.15) is 0 Å². The number of halogens is 1. The Labute approximate surface area is 173 Å². The Hall–Kier alpha value is -3.71. The number of fused-ring (bicyclic) bond motifs is 1. The van der Waals surface area contributed by atoms with E-state index in [9.17, 15) is 10.1 Å². The zero-order valence-corrected chi connectivity index (χ0v) is 16.0. The van der Waals surface area contributed by atoms with Crippen molar-refractivity contribution in [1.82, 2.24) is 9.97 Å². The fraction of sp³-hybridized carbons (Fsp3) is 0.0476. The van der Waals surface area contributed by atoms with E-state index in [4.69, 9.17) is 4.74 Å². The SMILES string of the molecule is Cl.O=[N+]([O-])c1ccc2ncnc(Nc3ccc(OCc4ccccc4)cc3)c2c1. The van der Waals surface area contributed by atoms with Crippen LogP contribution < -0.4 is 10.1 Å². The van der Waals surface area contributed by atoms with Crippen LogP contribution in [-0.4, -0.2) is 14.9 Å². The number of nitro groups is 1. The molecule has 0 fully saturated rings. The predicted molar refractivity (Wildman–Crippen MR) is 114 cm³/mol. The van der Waals surface area contributed by atoms with Gasteiger partial charge in [-0.25, -0.2) is 9.97 Å². The molecular formula is C21H17ClN4O3. The Kier molecular flexibility index (Phi) is 6.21. The van der Waals surface area contributed by atoms with Gasteiger partial charge in [-0.05, 0) is 35.9 Å². The number of anilines is 2. The van der Waals surface area contributed by atoms with Gasteiger partial charge in [0.25, 0.3) is 5.69 Å². The highest BCUT2D eigenvalue weighted by atomic mass is 35.5. The van der Waals surface area contributed by atoms with Crippen molar-refractivity contribution in [3.8, 4) is 5.75 Å². The number of ether oxygens (including phenoxy) is 1. The summed E-state index contributed by atoms with van der Waals surface area (Å²) in [7, 11) is 0. The molecular weight excluding hydrogens is 392 g/mol. The summed E-state index contributed by atoms with van der Waals surface area (Å²) in [5.41, 5.74) is 2.51. The molecule has 3 aromatic carbocycles. The van der Waals surface area contributed by atoms with Crippen molar-refractivity contribution in [1.29, 1.82) is 0 Å². The molecule has 0 saturated heterocycles. The molecule has 4 rings (SSSR count). The average molecular weight is 409 g/mol. The van der Waals surface area contributed by atoms with E-state index in [1.807, 2.05) is 54.6 Å². The summed E-state index contributed by atoms with van der Waals surface area (Å²) in [4.78, 5) is 19.0. The fourth-order valence-electron chi connectivity index (χ4n) is 2.77. The van der Waals surface area contributed by atoms with Crippen LogP contribution in [-0.2, 0) is 6.61 Å². The second kappa shape index (κ2) is 8.99. The molecule has 0 saturated carbocycles. The lowest BCUT2D eigenvalue weighted by atomic mass is 10.2. The van der Waals surface area contributed by atoms with Crippen molar-refractivity contribution >= 4 is 40.5 Å². The maximum Gasteiger partial charge on any atom is 0.270 e. The summed E-state index contributed by atoms with van der Waals surface area (Å²) in [6.45, 7) is 0.494. The van der Waals surface area contributed by atoms with Gasteiger partial charge < -0.3 is 10.1 Å². The minimum atomic E-state index is -0.435. The molecule has 0 bridgehead atoms. The van der Waals surface area contributed by atoms with Gasteiger partial charge in [-0.1, -0.05) is 30.3 Å². The van der Waals surface area contributed by atoms with Gasteiger partial charge in [-0.15, -0.1) is 12.4 Å². The first-order chi connectivity index (χ1) is 13.7. The molecule has 0 radical (unpaired) electrons. The summed E-state index contributed by atoms with van der Waals surface area (Å²) in [6.07, 6.45) is 1.42.